The van der Waals surface area contributed by atoms with Crippen LogP contribution in [0.25, 0.3) is 0 Å². The Balaban J connectivity index is 2.17. The van der Waals surface area contributed by atoms with Gasteiger partial charge in [-0.15, -0.1) is 11.6 Å². The van der Waals surface area contributed by atoms with E-state index in [1.54, 1.807) is 0 Å². The van der Waals surface area contributed by atoms with Crippen molar-refractivity contribution in [3.8, 4) is 0 Å². The Morgan fingerprint density at radius 2 is 2.25 bits per heavy atom. The number of rotatable bonds is 3. The number of anilines is 2. The third kappa shape index (κ3) is 2.46. The Labute approximate surface area is 101 Å². The second kappa shape index (κ2) is 4.72. The summed E-state index contributed by atoms with van der Waals surface area (Å²) in [6.45, 7) is 0. The third-order valence-corrected chi connectivity index (χ3v) is 2.42. The van der Waals surface area contributed by atoms with Crippen LogP contribution in [0.15, 0.2) is 28.9 Å². The zero-order valence-electron chi connectivity index (χ0n) is 8.01. The number of halogens is 3. The molecule has 16 heavy (non-hydrogen) atoms. The molecule has 2 aromatic rings. The van der Waals surface area contributed by atoms with Gasteiger partial charge in [-0.1, -0.05) is 11.6 Å². The molecule has 1 heterocycles. The lowest BCUT2D eigenvalue weighted by Crippen LogP contribution is -1.91. The van der Waals surface area contributed by atoms with E-state index >= 15 is 0 Å². The lowest BCUT2D eigenvalue weighted by atomic mass is 10.3. The number of alkyl halides is 1. The van der Waals surface area contributed by atoms with Crippen LogP contribution in [0.2, 0.25) is 5.02 Å². The lowest BCUT2D eigenvalue weighted by Gasteiger charge is -2.02. The van der Waals surface area contributed by atoms with Crippen molar-refractivity contribution >= 4 is 34.9 Å². The first-order valence-corrected chi connectivity index (χ1v) is 5.33. The Morgan fingerprint density at radius 1 is 1.44 bits per heavy atom. The largest absolute Gasteiger partial charge is 0.432 e. The van der Waals surface area contributed by atoms with Crippen molar-refractivity contribution in [2.24, 2.45) is 0 Å². The highest BCUT2D eigenvalue weighted by atomic mass is 35.5. The molecule has 0 radical (unpaired) electrons. The fraction of sp³-hybridized carbons (Fsp3) is 0.100. The lowest BCUT2D eigenvalue weighted by molar-refractivity contribution is 0.576. The Hall–Kier alpha value is -1.26. The molecule has 84 valence electrons. The molecule has 1 N–H and O–H groups in total. The SMILES string of the molecule is Fc1ccc(Nc2nc(CCl)co2)cc1Cl. The van der Waals surface area contributed by atoms with Crippen molar-refractivity contribution in [1.82, 2.24) is 4.98 Å². The first-order valence-electron chi connectivity index (χ1n) is 4.41. The molecule has 0 fully saturated rings. The van der Waals surface area contributed by atoms with Crippen molar-refractivity contribution in [2.45, 2.75) is 5.88 Å². The quantitative estimate of drug-likeness (QED) is 0.850. The molecule has 2 rings (SSSR count). The van der Waals surface area contributed by atoms with Crippen LogP contribution in [-0.4, -0.2) is 4.98 Å². The number of aromatic nitrogens is 1. The maximum absolute atomic E-state index is 12.9. The minimum absolute atomic E-state index is 0.0362. The fourth-order valence-electron chi connectivity index (χ4n) is 1.12. The summed E-state index contributed by atoms with van der Waals surface area (Å²) in [6, 6.07) is 4.53. The average Bonchev–Trinajstić information content (AvgIpc) is 2.71. The molecule has 0 unspecified atom stereocenters. The Morgan fingerprint density at radius 3 is 2.88 bits per heavy atom. The van der Waals surface area contributed by atoms with Crippen molar-refractivity contribution in [1.29, 1.82) is 0 Å². The first kappa shape index (κ1) is 11.2. The van der Waals surface area contributed by atoms with Gasteiger partial charge in [0.05, 0.1) is 16.6 Å². The second-order valence-electron chi connectivity index (χ2n) is 3.03. The molecule has 1 aromatic heterocycles. The Bertz CT molecular complexity index is 501. The van der Waals surface area contributed by atoms with Gasteiger partial charge in [0.25, 0.3) is 6.01 Å². The molecule has 1 aromatic carbocycles. The highest BCUT2D eigenvalue weighted by Crippen LogP contribution is 2.22. The molecule has 0 atom stereocenters. The van der Waals surface area contributed by atoms with E-state index in [0.29, 0.717) is 17.4 Å². The smallest absolute Gasteiger partial charge is 0.299 e. The minimum atomic E-state index is -0.471. The van der Waals surface area contributed by atoms with Gasteiger partial charge in [-0.2, -0.15) is 4.98 Å². The van der Waals surface area contributed by atoms with Gasteiger partial charge in [-0.25, -0.2) is 4.39 Å². The van der Waals surface area contributed by atoms with Crippen molar-refractivity contribution in [3.63, 3.8) is 0 Å². The van der Waals surface area contributed by atoms with E-state index < -0.39 is 5.82 Å². The van der Waals surface area contributed by atoms with Gasteiger partial charge in [-0.3, -0.25) is 0 Å². The number of hydrogen-bond acceptors (Lipinski definition) is 3. The number of nitrogens with zero attached hydrogens (tertiary/aromatic N) is 1. The molecule has 0 bridgehead atoms. The standard InChI is InChI=1S/C10H7Cl2FN2O/c11-4-7-5-16-10(15-7)14-6-1-2-9(13)8(12)3-6/h1-3,5H,4H2,(H,14,15). The first-order chi connectivity index (χ1) is 7.69. The highest BCUT2D eigenvalue weighted by Gasteiger charge is 2.05. The summed E-state index contributed by atoms with van der Waals surface area (Å²) in [7, 11) is 0. The van der Waals surface area contributed by atoms with Crippen molar-refractivity contribution < 1.29 is 8.81 Å². The topological polar surface area (TPSA) is 38.1 Å². The summed E-state index contributed by atoms with van der Waals surface area (Å²) in [6.07, 6.45) is 1.44. The van der Waals surface area contributed by atoms with Gasteiger partial charge in [0.1, 0.15) is 12.1 Å². The molecule has 0 spiro atoms. The molecule has 0 aliphatic heterocycles. The van der Waals surface area contributed by atoms with Crippen molar-refractivity contribution in [3.05, 3.63) is 41.0 Å². The van der Waals surface area contributed by atoms with Gasteiger partial charge in [0, 0.05) is 5.69 Å². The van der Waals surface area contributed by atoms with E-state index in [1.807, 2.05) is 0 Å². The fourth-order valence-corrected chi connectivity index (χ4v) is 1.43. The molecule has 0 aliphatic rings. The molecular formula is C10H7Cl2FN2O. The number of oxazole rings is 1. The molecule has 0 aliphatic carbocycles. The zero-order chi connectivity index (χ0) is 11.5. The van der Waals surface area contributed by atoms with Crippen LogP contribution >= 0.6 is 23.2 Å². The van der Waals surface area contributed by atoms with Crippen LogP contribution in [0.1, 0.15) is 5.69 Å². The van der Waals surface area contributed by atoms with Crippen LogP contribution in [0.5, 0.6) is 0 Å². The monoisotopic (exact) mass is 260 g/mol. The van der Waals surface area contributed by atoms with Crippen molar-refractivity contribution in [2.75, 3.05) is 5.32 Å². The number of hydrogen-bond donors (Lipinski definition) is 1. The maximum atomic E-state index is 12.9. The van der Waals surface area contributed by atoms with E-state index in [1.165, 1.54) is 24.5 Å². The highest BCUT2D eigenvalue weighted by molar-refractivity contribution is 6.31. The minimum Gasteiger partial charge on any atom is -0.432 e. The van der Waals surface area contributed by atoms with Gasteiger partial charge in [-0.05, 0) is 18.2 Å². The molecule has 3 nitrogen and oxygen atoms in total. The van der Waals surface area contributed by atoms with Crippen LogP contribution in [0.3, 0.4) is 0 Å². The zero-order valence-corrected chi connectivity index (χ0v) is 9.52. The molecule has 0 amide bonds. The normalized spacial score (nSPS) is 10.4. The van der Waals surface area contributed by atoms with Gasteiger partial charge < -0.3 is 9.73 Å². The van der Waals surface area contributed by atoms with Crippen LogP contribution in [0.4, 0.5) is 16.1 Å². The summed E-state index contributed by atoms with van der Waals surface area (Å²) in [5, 5.41) is 2.88. The van der Waals surface area contributed by atoms with Gasteiger partial charge >= 0.3 is 0 Å². The van der Waals surface area contributed by atoms with E-state index in [4.69, 9.17) is 27.6 Å². The summed E-state index contributed by atoms with van der Waals surface area (Å²) in [5.41, 5.74) is 1.21. The van der Waals surface area contributed by atoms with E-state index in [2.05, 4.69) is 10.3 Å². The molecular weight excluding hydrogens is 254 g/mol. The van der Waals surface area contributed by atoms with Crippen LogP contribution in [-0.2, 0) is 5.88 Å². The van der Waals surface area contributed by atoms with Crippen LogP contribution in [0, 0.1) is 5.82 Å². The maximum Gasteiger partial charge on any atom is 0.299 e. The average molecular weight is 261 g/mol. The predicted octanol–water partition coefficient (Wildman–Crippen LogP) is 3.95. The number of nitrogens with one attached hydrogen (secondary N) is 1. The van der Waals surface area contributed by atoms with E-state index in [0.717, 1.165) is 0 Å². The predicted molar refractivity (Wildman–Crippen MR) is 60.8 cm³/mol. The summed E-state index contributed by atoms with van der Waals surface area (Å²) in [5.74, 6) is -0.198. The molecule has 6 heteroatoms. The van der Waals surface area contributed by atoms with Crippen LogP contribution < -0.4 is 5.32 Å². The number of benzene rings is 1. The van der Waals surface area contributed by atoms with E-state index in [9.17, 15) is 4.39 Å². The second-order valence-corrected chi connectivity index (χ2v) is 3.71. The van der Waals surface area contributed by atoms with E-state index in [-0.39, 0.29) is 10.9 Å². The Kier molecular flexibility index (Phi) is 3.31. The molecule has 0 saturated heterocycles. The van der Waals surface area contributed by atoms with Gasteiger partial charge in [0.15, 0.2) is 0 Å². The summed E-state index contributed by atoms with van der Waals surface area (Å²) >= 11 is 11.2. The third-order valence-electron chi connectivity index (χ3n) is 1.86. The summed E-state index contributed by atoms with van der Waals surface area (Å²) < 4.78 is 18.0. The van der Waals surface area contributed by atoms with Gasteiger partial charge in [0.2, 0.25) is 0 Å². The molecule has 0 saturated carbocycles. The summed E-state index contributed by atoms with van der Waals surface area (Å²) in [4.78, 5) is 4.03.